The van der Waals surface area contributed by atoms with E-state index in [9.17, 15) is 0 Å². The van der Waals surface area contributed by atoms with E-state index in [1.54, 1.807) is 0 Å². The van der Waals surface area contributed by atoms with Crippen LogP contribution in [-0.4, -0.2) is 5.60 Å². The van der Waals surface area contributed by atoms with Crippen LogP contribution in [0.1, 0.15) is 49.9 Å². The standard InChI is InChI=1S/C16H25NO.ClH/c1-9(2)7-12-10(3)14(17)11(4)13-8-16(5,6)18-15(12)13;/h9H,7-8,17H2,1-6H3;1H. The van der Waals surface area contributed by atoms with Gasteiger partial charge in [0.25, 0.3) is 0 Å². The molecule has 3 heteroatoms. The number of rotatable bonds is 2. The molecule has 1 aliphatic heterocycles. The topological polar surface area (TPSA) is 35.2 Å². The summed E-state index contributed by atoms with van der Waals surface area (Å²) in [6.45, 7) is 13.0. The molecule has 2 nitrogen and oxygen atoms in total. The number of nitrogens with two attached hydrogens (primary N) is 1. The second-order valence-corrected chi connectivity index (χ2v) is 6.59. The van der Waals surface area contributed by atoms with Gasteiger partial charge in [0.05, 0.1) is 0 Å². The molecule has 108 valence electrons. The molecule has 1 aromatic carbocycles. The summed E-state index contributed by atoms with van der Waals surface area (Å²) >= 11 is 0. The lowest BCUT2D eigenvalue weighted by atomic mass is 9.89. The highest BCUT2D eigenvalue weighted by Gasteiger charge is 2.34. The Balaban J connectivity index is 0.00000180. The quantitative estimate of drug-likeness (QED) is 0.825. The van der Waals surface area contributed by atoms with E-state index in [1.165, 1.54) is 22.3 Å². The Morgan fingerprint density at radius 3 is 2.32 bits per heavy atom. The lowest BCUT2D eigenvalue weighted by Crippen LogP contribution is -2.25. The summed E-state index contributed by atoms with van der Waals surface area (Å²) in [5.41, 5.74) is 12.2. The fourth-order valence-corrected chi connectivity index (χ4v) is 2.86. The second kappa shape index (κ2) is 5.24. The van der Waals surface area contributed by atoms with Crippen LogP contribution in [0.4, 0.5) is 5.69 Å². The minimum Gasteiger partial charge on any atom is -0.487 e. The lowest BCUT2D eigenvalue weighted by Gasteiger charge is -2.20. The summed E-state index contributed by atoms with van der Waals surface area (Å²) in [5, 5.41) is 0. The Morgan fingerprint density at radius 2 is 1.79 bits per heavy atom. The van der Waals surface area contributed by atoms with Gasteiger partial charge in [-0.2, -0.15) is 0 Å². The molecule has 0 saturated carbocycles. The third-order valence-electron chi connectivity index (χ3n) is 3.85. The van der Waals surface area contributed by atoms with Gasteiger partial charge in [-0.05, 0) is 56.7 Å². The number of ether oxygens (including phenoxy) is 1. The molecule has 0 aliphatic carbocycles. The molecular formula is C16H26ClNO. The van der Waals surface area contributed by atoms with Gasteiger partial charge in [-0.3, -0.25) is 0 Å². The normalized spacial score (nSPS) is 15.9. The van der Waals surface area contributed by atoms with Gasteiger partial charge >= 0.3 is 0 Å². The number of hydrogen-bond acceptors (Lipinski definition) is 2. The first-order valence-electron chi connectivity index (χ1n) is 6.82. The van der Waals surface area contributed by atoms with E-state index in [0.29, 0.717) is 5.92 Å². The molecular weight excluding hydrogens is 258 g/mol. The first kappa shape index (κ1) is 16.2. The van der Waals surface area contributed by atoms with Crippen LogP contribution in [0.15, 0.2) is 0 Å². The average Bonchev–Trinajstić information content (AvgIpc) is 2.57. The van der Waals surface area contributed by atoms with Crippen LogP contribution in [0, 0.1) is 19.8 Å². The summed E-state index contributed by atoms with van der Waals surface area (Å²) in [4.78, 5) is 0. The molecule has 1 heterocycles. The van der Waals surface area contributed by atoms with Crippen LogP contribution in [0.2, 0.25) is 0 Å². The zero-order chi connectivity index (χ0) is 13.7. The van der Waals surface area contributed by atoms with Gasteiger partial charge in [0.1, 0.15) is 11.4 Å². The van der Waals surface area contributed by atoms with Crippen LogP contribution < -0.4 is 10.5 Å². The fraction of sp³-hybridized carbons (Fsp3) is 0.625. The first-order chi connectivity index (χ1) is 8.23. The molecule has 0 fully saturated rings. The average molecular weight is 284 g/mol. The summed E-state index contributed by atoms with van der Waals surface area (Å²) in [6, 6.07) is 0. The summed E-state index contributed by atoms with van der Waals surface area (Å²) in [5.74, 6) is 1.72. The SMILES string of the molecule is Cc1c(N)c(C)c2c(c1CC(C)C)OC(C)(C)C2.Cl. The molecule has 0 spiro atoms. The molecule has 2 rings (SSSR count). The zero-order valence-corrected chi connectivity index (χ0v) is 13.7. The molecule has 0 bridgehead atoms. The van der Waals surface area contributed by atoms with Gasteiger partial charge in [0.15, 0.2) is 0 Å². The zero-order valence-electron chi connectivity index (χ0n) is 12.9. The lowest BCUT2D eigenvalue weighted by molar-refractivity contribution is 0.137. The van der Waals surface area contributed by atoms with Crippen molar-refractivity contribution >= 4 is 18.1 Å². The van der Waals surface area contributed by atoms with Crippen LogP contribution in [0.25, 0.3) is 0 Å². The Hall–Kier alpha value is -0.890. The van der Waals surface area contributed by atoms with E-state index < -0.39 is 0 Å². The van der Waals surface area contributed by atoms with E-state index in [2.05, 4.69) is 41.5 Å². The van der Waals surface area contributed by atoms with Crippen molar-refractivity contribution in [3.63, 3.8) is 0 Å². The predicted molar refractivity (Wildman–Crippen MR) is 84.5 cm³/mol. The fourth-order valence-electron chi connectivity index (χ4n) is 2.86. The Bertz CT molecular complexity index is 492. The van der Waals surface area contributed by atoms with Gasteiger partial charge in [-0.1, -0.05) is 13.8 Å². The van der Waals surface area contributed by atoms with E-state index in [0.717, 1.165) is 24.3 Å². The third kappa shape index (κ3) is 2.84. The largest absolute Gasteiger partial charge is 0.487 e. The number of nitrogen functional groups attached to an aromatic ring is 1. The highest BCUT2D eigenvalue weighted by atomic mass is 35.5. The smallest absolute Gasteiger partial charge is 0.127 e. The Labute approximate surface area is 123 Å². The molecule has 0 aromatic heterocycles. The van der Waals surface area contributed by atoms with Crippen molar-refractivity contribution in [2.75, 3.05) is 5.73 Å². The van der Waals surface area contributed by atoms with Crippen molar-refractivity contribution in [1.82, 2.24) is 0 Å². The third-order valence-corrected chi connectivity index (χ3v) is 3.85. The van der Waals surface area contributed by atoms with Gasteiger partial charge in [-0.15, -0.1) is 12.4 Å². The van der Waals surface area contributed by atoms with Crippen molar-refractivity contribution in [2.45, 2.75) is 60.0 Å². The minimum atomic E-state index is -0.0982. The summed E-state index contributed by atoms with van der Waals surface area (Å²) in [7, 11) is 0. The molecule has 0 radical (unpaired) electrons. The first-order valence-corrected chi connectivity index (χ1v) is 6.82. The van der Waals surface area contributed by atoms with Crippen LogP contribution in [0.3, 0.4) is 0 Å². The predicted octanol–water partition coefficient (Wildman–Crippen LogP) is 4.22. The van der Waals surface area contributed by atoms with E-state index in [4.69, 9.17) is 10.5 Å². The maximum atomic E-state index is 6.26. The molecule has 2 N–H and O–H groups in total. The number of fused-ring (bicyclic) bond motifs is 1. The number of halogens is 1. The Kier molecular flexibility index (Phi) is 4.46. The van der Waals surface area contributed by atoms with Gasteiger partial charge in [0.2, 0.25) is 0 Å². The van der Waals surface area contributed by atoms with Crippen LogP contribution in [0.5, 0.6) is 5.75 Å². The van der Waals surface area contributed by atoms with Gasteiger partial charge in [0, 0.05) is 17.7 Å². The molecule has 19 heavy (non-hydrogen) atoms. The minimum absolute atomic E-state index is 0. The molecule has 0 atom stereocenters. The van der Waals surface area contributed by atoms with Crippen LogP contribution in [-0.2, 0) is 12.8 Å². The second-order valence-electron chi connectivity index (χ2n) is 6.59. The van der Waals surface area contributed by atoms with Crippen molar-refractivity contribution < 1.29 is 4.74 Å². The van der Waals surface area contributed by atoms with E-state index in [-0.39, 0.29) is 18.0 Å². The van der Waals surface area contributed by atoms with Crippen molar-refractivity contribution in [2.24, 2.45) is 5.92 Å². The molecule has 0 unspecified atom stereocenters. The van der Waals surface area contributed by atoms with Crippen LogP contribution >= 0.6 is 12.4 Å². The number of benzene rings is 1. The van der Waals surface area contributed by atoms with Crippen molar-refractivity contribution in [3.05, 3.63) is 22.3 Å². The highest BCUT2D eigenvalue weighted by Crippen LogP contribution is 2.44. The van der Waals surface area contributed by atoms with Gasteiger partial charge in [-0.25, -0.2) is 0 Å². The van der Waals surface area contributed by atoms with Gasteiger partial charge < -0.3 is 10.5 Å². The number of anilines is 1. The Morgan fingerprint density at radius 1 is 1.21 bits per heavy atom. The van der Waals surface area contributed by atoms with Crippen molar-refractivity contribution in [1.29, 1.82) is 0 Å². The van der Waals surface area contributed by atoms with E-state index >= 15 is 0 Å². The van der Waals surface area contributed by atoms with E-state index in [1.807, 2.05) is 0 Å². The molecule has 1 aliphatic rings. The monoisotopic (exact) mass is 283 g/mol. The number of hydrogen-bond donors (Lipinski definition) is 1. The maximum absolute atomic E-state index is 6.26. The molecule has 1 aromatic rings. The maximum Gasteiger partial charge on any atom is 0.127 e. The summed E-state index contributed by atoms with van der Waals surface area (Å²) < 4.78 is 6.19. The molecule has 0 amide bonds. The molecule has 0 saturated heterocycles. The van der Waals surface area contributed by atoms with Crippen molar-refractivity contribution in [3.8, 4) is 5.75 Å². The summed E-state index contributed by atoms with van der Waals surface area (Å²) in [6.07, 6.45) is 2.00. The highest BCUT2D eigenvalue weighted by molar-refractivity contribution is 5.85.